The summed E-state index contributed by atoms with van der Waals surface area (Å²) in [6.45, 7) is 0. The van der Waals surface area contributed by atoms with Crippen LogP contribution >= 0.6 is 11.3 Å². The van der Waals surface area contributed by atoms with Crippen molar-refractivity contribution < 1.29 is 13.9 Å². The van der Waals surface area contributed by atoms with Crippen molar-refractivity contribution in [2.75, 3.05) is 12.4 Å². The number of fused-ring (bicyclic) bond motifs is 1. The molecule has 0 spiro atoms. The summed E-state index contributed by atoms with van der Waals surface area (Å²) in [6.07, 6.45) is 2.89. The number of benzene rings is 2. The van der Waals surface area contributed by atoms with Crippen molar-refractivity contribution in [1.82, 2.24) is 10.3 Å². The van der Waals surface area contributed by atoms with Gasteiger partial charge in [0.15, 0.2) is 5.13 Å². The molecule has 140 valence electrons. The number of aromatic nitrogens is 1. The van der Waals surface area contributed by atoms with Crippen molar-refractivity contribution in [2.45, 2.75) is 31.3 Å². The molecule has 5 nitrogen and oxygen atoms in total. The van der Waals surface area contributed by atoms with Gasteiger partial charge in [-0.25, -0.2) is 9.37 Å². The van der Waals surface area contributed by atoms with Gasteiger partial charge in [0.25, 0.3) is 5.91 Å². The van der Waals surface area contributed by atoms with Gasteiger partial charge in [-0.1, -0.05) is 17.4 Å². The van der Waals surface area contributed by atoms with E-state index in [-0.39, 0.29) is 23.8 Å². The third kappa shape index (κ3) is 3.88. The summed E-state index contributed by atoms with van der Waals surface area (Å²) < 4.78 is 19.4. The molecule has 0 unspecified atom stereocenters. The first-order chi connectivity index (χ1) is 13.1. The smallest absolute Gasteiger partial charge is 0.251 e. The zero-order valence-electron chi connectivity index (χ0n) is 14.9. The molecule has 3 aromatic rings. The average Bonchev–Trinajstić information content (AvgIpc) is 3.28. The first kappa shape index (κ1) is 17.7. The molecule has 0 aliphatic heterocycles. The Kier molecular flexibility index (Phi) is 4.94. The first-order valence-electron chi connectivity index (χ1n) is 8.90. The third-order valence-electron chi connectivity index (χ3n) is 4.82. The van der Waals surface area contributed by atoms with E-state index in [0.717, 1.165) is 34.6 Å². The monoisotopic (exact) mass is 385 g/mol. The quantitative estimate of drug-likeness (QED) is 0.691. The van der Waals surface area contributed by atoms with Gasteiger partial charge in [0.1, 0.15) is 11.6 Å². The molecular weight excluding hydrogens is 365 g/mol. The van der Waals surface area contributed by atoms with Crippen molar-refractivity contribution in [1.29, 1.82) is 0 Å². The maximum Gasteiger partial charge on any atom is 0.251 e. The van der Waals surface area contributed by atoms with E-state index < -0.39 is 0 Å². The highest BCUT2D eigenvalue weighted by Gasteiger charge is 2.29. The molecule has 1 aliphatic rings. The van der Waals surface area contributed by atoms with Crippen LogP contribution < -0.4 is 15.4 Å². The summed E-state index contributed by atoms with van der Waals surface area (Å²) in [4.78, 5) is 17.1. The number of ether oxygens (including phenoxy) is 1. The number of carbonyl (C=O) groups excluding carboxylic acids is 1. The van der Waals surface area contributed by atoms with E-state index >= 15 is 0 Å². The lowest BCUT2D eigenvalue weighted by Crippen LogP contribution is -2.43. The Labute approximate surface area is 160 Å². The number of methoxy groups -OCH3 is 1. The molecule has 1 saturated carbocycles. The van der Waals surface area contributed by atoms with E-state index in [1.807, 2.05) is 6.07 Å². The Morgan fingerprint density at radius 1 is 1.22 bits per heavy atom. The Morgan fingerprint density at radius 3 is 2.93 bits per heavy atom. The van der Waals surface area contributed by atoms with Crippen molar-refractivity contribution in [3.63, 3.8) is 0 Å². The topological polar surface area (TPSA) is 63.2 Å². The van der Waals surface area contributed by atoms with Gasteiger partial charge in [0, 0.05) is 17.6 Å². The van der Waals surface area contributed by atoms with Crippen LogP contribution in [0, 0.1) is 5.82 Å². The Morgan fingerprint density at radius 2 is 2.07 bits per heavy atom. The third-order valence-corrected chi connectivity index (χ3v) is 5.77. The molecule has 27 heavy (non-hydrogen) atoms. The Hall–Kier alpha value is -2.67. The summed E-state index contributed by atoms with van der Waals surface area (Å²) in [7, 11) is 1.58. The van der Waals surface area contributed by atoms with Gasteiger partial charge in [-0.05, 0) is 55.7 Å². The molecule has 0 saturated heterocycles. The van der Waals surface area contributed by atoms with Crippen molar-refractivity contribution in [3.8, 4) is 5.75 Å². The van der Waals surface area contributed by atoms with E-state index in [4.69, 9.17) is 4.74 Å². The number of carbonyl (C=O) groups is 1. The fraction of sp³-hybridized carbons (Fsp3) is 0.300. The number of nitrogens with zero attached hydrogens (tertiary/aromatic N) is 1. The summed E-state index contributed by atoms with van der Waals surface area (Å²) in [5.41, 5.74) is 1.36. The number of rotatable bonds is 5. The lowest BCUT2D eigenvalue weighted by atomic mass is 10.1. The largest absolute Gasteiger partial charge is 0.497 e. The van der Waals surface area contributed by atoms with Gasteiger partial charge < -0.3 is 15.4 Å². The first-order valence-corrected chi connectivity index (χ1v) is 9.71. The van der Waals surface area contributed by atoms with Crippen LogP contribution in [0.25, 0.3) is 10.2 Å². The molecule has 0 bridgehead atoms. The number of anilines is 1. The minimum atomic E-state index is -0.262. The van der Waals surface area contributed by atoms with Crippen LogP contribution in [0.15, 0.2) is 42.5 Å². The van der Waals surface area contributed by atoms with Crippen LogP contribution in [0.1, 0.15) is 29.6 Å². The van der Waals surface area contributed by atoms with Crippen molar-refractivity contribution in [3.05, 3.63) is 53.8 Å². The molecule has 7 heteroatoms. The Bertz CT molecular complexity index is 975. The van der Waals surface area contributed by atoms with Crippen LogP contribution in [-0.2, 0) is 0 Å². The van der Waals surface area contributed by atoms with Gasteiger partial charge in [-0.2, -0.15) is 0 Å². The molecule has 1 amide bonds. The number of hydrogen-bond acceptors (Lipinski definition) is 5. The molecule has 2 N–H and O–H groups in total. The zero-order chi connectivity index (χ0) is 18.8. The van der Waals surface area contributed by atoms with E-state index in [2.05, 4.69) is 15.6 Å². The van der Waals surface area contributed by atoms with Crippen LogP contribution in [0.4, 0.5) is 9.52 Å². The second-order valence-corrected chi connectivity index (χ2v) is 7.66. The van der Waals surface area contributed by atoms with Crippen LogP contribution in [0.5, 0.6) is 5.75 Å². The summed E-state index contributed by atoms with van der Waals surface area (Å²) in [5, 5.41) is 7.30. The molecule has 2 atom stereocenters. The molecule has 1 aromatic heterocycles. The van der Waals surface area contributed by atoms with E-state index in [9.17, 15) is 9.18 Å². The minimum absolute atomic E-state index is 0.0208. The number of amides is 1. The molecule has 1 fully saturated rings. The number of hydrogen-bond donors (Lipinski definition) is 2. The van der Waals surface area contributed by atoms with Gasteiger partial charge in [0.2, 0.25) is 0 Å². The molecule has 1 heterocycles. The SMILES string of the molecule is COc1cccc(C(=O)N[C@H]2CCC[C@@H]2Nc2nc3ccc(F)cc3s2)c1. The average molecular weight is 385 g/mol. The van der Waals surface area contributed by atoms with E-state index in [1.165, 1.54) is 23.5 Å². The highest BCUT2D eigenvalue weighted by atomic mass is 32.1. The lowest BCUT2D eigenvalue weighted by Gasteiger charge is -2.22. The highest BCUT2D eigenvalue weighted by molar-refractivity contribution is 7.22. The van der Waals surface area contributed by atoms with Gasteiger partial charge in [-0.3, -0.25) is 4.79 Å². The molecule has 4 rings (SSSR count). The van der Waals surface area contributed by atoms with Crippen LogP contribution in [0.2, 0.25) is 0 Å². The number of halogens is 1. The summed E-state index contributed by atoms with van der Waals surface area (Å²) in [6, 6.07) is 11.8. The van der Waals surface area contributed by atoms with Crippen molar-refractivity contribution in [2.24, 2.45) is 0 Å². The Balaban J connectivity index is 1.45. The van der Waals surface area contributed by atoms with Crippen LogP contribution in [-0.4, -0.2) is 30.1 Å². The highest BCUT2D eigenvalue weighted by Crippen LogP contribution is 2.30. The van der Waals surface area contributed by atoms with E-state index in [1.54, 1.807) is 31.4 Å². The second-order valence-electron chi connectivity index (χ2n) is 6.62. The predicted molar refractivity (Wildman–Crippen MR) is 105 cm³/mol. The number of thiazole rings is 1. The summed E-state index contributed by atoms with van der Waals surface area (Å²) in [5.74, 6) is 0.284. The van der Waals surface area contributed by atoms with Crippen LogP contribution in [0.3, 0.4) is 0 Å². The van der Waals surface area contributed by atoms with Gasteiger partial charge >= 0.3 is 0 Å². The predicted octanol–water partition coefficient (Wildman–Crippen LogP) is 4.21. The maximum absolute atomic E-state index is 13.4. The maximum atomic E-state index is 13.4. The zero-order valence-corrected chi connectivity index (χ0v) is 15.7. The standard InChI is InChI=1S/C20H20FN3O2S/c1-26-14-5-2-4-12(10-14)19(25)22-15-6-3-7-16(15)23-20-24-17-9-8-13(21)11-18(17)27-20/h2,4-5,8-11,15-16H,3,6-7H2,1H3,(H,22,25)(H,23,24)/t15-,16-/m0/s1. The summed E-state index contributed by atoms with van der Waals surface area (Å²) >= 11 is 1.43. The van der Waals surface area contributed by atoms with Crippen molar-refractivity contribution >= 4 is 32.6 Å². The molecule has 2 aromatic carbocycles. The fourth-order valence-electron chi connectivity index (χ4n) is 3.44. The van der Waals surface area contributed by atoms with Gasteiger partial charge in [-0.15, -0.1) is 0 Å². The van der Waals surface area contributed by atoms with E-state index in [0.29, 0.717) is 11.3 Å². The molecular formula is C20H20FN3O2S. The fourth-order valence-corrected chi connectivity index (χ4v) is 4.39. The molecule has 0 radical (unpaired) electrons. The number of nitrogens with one attached hydrogen (secondary N) is 2. The minimum Gasteiger partial charge on any atom is -0.497 e. The normalized spacial score (nSPS) is 19.2. The molecule has 1 aliphatic carbocycles. The second kappa shape index (κ2) is 7.52. The van der Waals surface area contributed by atoms with Gasteiger partial charge in [0.05, 0.1) is 17.3 Å². The lowest BCUT2D eigenvalue weighted by molar-refractivity contribution is 0.0935.